The summed E-state index contributed by atoms with van der Waals surface area (Å²) < 4.78 is 3.00. The second-order valence-electron chi connectivity index (χ2n) is 6.38. The number of aromatic nitrogens is 3. The number of hydrogen-bond acceptors (Lipinski definition) is 5. The van der Waals surface area contributed by atoms with Gasteiger partial charge in [-0.15, -0.1) is 16.4 Å². The Bertz CT molecular complexity index is 929. The van der Waals surface area contributed by atoms with Crippen LogP contribution < -0.4 is 0 Å². The van der Waals surface area contributed by atoms with Crippen molar-refractivity contribution < 1.29 is 4.79 Å². The molecule has 0 radical (unpaired) electrons. The molecular weight excluding hydrogens is 414 g/mol. The van der Waals surface area contributed by atoms with Crippen molar-refractivity contribution in [2.75, 3.05) is 26.2 Å². The first kappa shape index (κ1) is 17.6. The number of amides is 1. The lowest BCUT2D eigenvalue weighted by atomic mass is 10.1. The number of fused-ring (bicyclic) bond motifs is 1. The third-order valence-electron chi connectivity index (χ3n) is 4.73. The molecule has 3 aromatic rings. The van der Waals surface area contributed by atoms with Gasteiger partial charge in [-0.05, 0) is 53.2 Å². The van der Waals surface area contributed by atoms with Crippen LogP contribution in [-0.2, 0) is 13.1 Å². The average Bonchev–Trinajstić information content (AvgIpc) is 3.26. The SMILES string of the molecule is CCn1nnc2cc(C(=O)N3CCN(Cc4ccc(Br)s4)CC3)ccc21. The molecular formula is C18H20BrN5OS. The lowest BCUT2D eigenvalue weighted by Gasteiger charge is -2.34. The van der Waals surface area contributed by atoms with Crippen LogP contribution in [0.25, 0.3) is 11.0 Å². The number of halogens is 1. The zero-order valence-electron chi connectivity index (χ0n) is 14.6. The van der Waals surface area contributed by atoms with Crippen LogP contribution in [0.5, 0.6) is 0 Å². The molecule has 3 heterocycles. The van der Waals surface area contributed by atoms with Crippen molar-refractivity contribution in [2.45, 2.75) is 20.0 Å². The molecule has 0 saturated carbocycles. The normalized spacial score (nSPS) is 15.7. The summed E-state index contributed by atoms with van der Waals surface area (Å²) in [6.07, 6.45) is 0. The second kappa shape index (κ2) is 7.46. The molecule has 1 aliphatic rings. The molecule has 1 saturated heterocycles. The van der Waals surface area contributed by atoms with Crippen LogP contribution in [0.2, 0.25) is 0 Å². The third kappa shape index (κ3) is 3.54. The third-order valence-corrected chi connectivity index (χ3v) is 6.34. The van der Waals surface area contributed by atoms with E-state index < -0.39 is 0 Å². The van der Waals surface area contributed by atoms with Crippen LogP contribution in [0, 0.1) is 0 Å². The zero-order chi connectivity index (χ0) is 18.1. The number of thiophene rings is 1. The molecule has 0 atom stereocenters. The van der Waals surface area contributed by atoms with Crippen molar-refractivity contribution in [1.29, 1.82) is 0 Å². The number of piperazine rings is 1. The fraction of sp³-hybridized carbons (Fsp3) is 0.389. The van der Waals surface area contributed by atoms with Crippen molar-refractivity contribution in [1.82, 2.24) is 24.8 Å². The highest BCUT2D eigenvalue weighted by Gasteiger charge is 2.23. The fourth-order valence-corrected chi connectivity index (χ4v) is 4.81. The van der Waals surface area contributed by atoms with E-state index in [-0.39, 0.29) is 5.91 Å². The van der Waals surface area contributed by atoms with E-state index in [0.717, 1.165) is 54.1 Å². The van der Waals surface area contributed by atoms with Crippen molar-refractivity contribution in [2.24, 2.45) is 0 Å². The fourth-order valence-electron chi connectivity index (χ4n) is 3.29. The number of nitrogens with zero attached hydrogens (tertiary/aromatic N) is 5. The predicted octanol–water partition coefficient (Wildman–Crippen LogP) is 3.23. The molecule has 136 valence electrons. The molecule has 2 aromatic heterocycles. The van der Waals surface area contributed by atoms with Crippen LogP contribution in [0.15, 0.2) is 34.1 Å². The molecule has 0 aliphatic carbocycles. The van der Waals surface area contributed by atoms with E-state index in [2.05, 4.69) is 43.3 Å². The van der Waals surface area contributed by atoms with Gasteiger partial charge in [-0.3, -0.25) is 9.69 Å². The smallest absolute Gasteiger partial charge is 0.254 e. The molecule has 4 rings (SSSR count). The molecule has 26 heavy (non-hydrogen) atoms. The topological polar surface area (TPSA) is 54.3 Å². The standard InChI is InChI=1S/C18H20BrN5OS/c1-2-24-16-5-3-13(11-15(16)20-21-24)18(25)23-9-7-22(8-10-23)12-14-4-6-17(19)26-14/h3-6,11H,2,7-10,12H2,1H3. The second-order valence-corrected chi connectivity index (χ2v) is 8.93. The van der Waals surface area contributed by atoms with Gasteiger partial charge in [-0.2, -0.15) is 0 Å². The maximum Gasteiger partial charge on any atom is 0.254 e. The summed E-state index contributed by atoms with van der Waals surface area (Å²) in [6, 6.07) is 9.93. The first-order chi connectivity index (χ1) is 12.6. The average molecular weight is 434 g/mol. The Balaban J connectivity index is 1.40. The summed E-state index contributed by atoms with van der Waals surface area (Å²) in [5.41, 5.74) is 2.44. The first-order valence-corrected chi connectivity index (χ1v) is 10.3. The Morgan fingerprint density at radius 3 is 2.69 bits per heavy atom. The minimum absolute atomic E-state index is 0.0801. The van der Waals surface area contributed by atoms with Crippen LogP contribution in [0.3, 0.4) is 0 Å². The molecule has 0 bridgehead atoms. The van der Waals surface area contributed by atoms with Crippen molar-refractivity contribution >= 4 is 44.2 Å². The summed E-state index contributed by atoms with van der Waals surface area (Å²) in [7, 11) is 0. The number of carbonyl (C=O) groups excluding carboxylic acids is 1. The van der Waals surface area contributed by atoms with Crippen LogP contribution in [0.1, 0.15) is 22.2 Å². The molecule has 1 aromatic carbocycles. The van der Waals surface area contributed by atoms with E-state index in [1.165, 1.54) is 4.88 Å². The molecule has 0 spiro atoms. The van der Waals surface area contributed by atoms with E-state index >= 15 is 0 Å². The highest BCUT2D eigenvalue weighted by molar-refractivity contribution is 9.11. The Labute approximate surface area is 164 Å². The number of hydrogen-bond donors (Lipinski definition) is 0. The molecule has 1 amide bonds. The van der Waals surface area contributed by atoms with E-state index in [9.17, 15) is 4.79 Å². The van der Waals surface area contributed by atoms with Crippen LogP contribution in [-0.4, -0.2) is 56.9 Å². The van der Waals surface area contributed by atoms with Gasteiger partial charge in [-0.1, -0.05) is 5.21 Å². The van der Waals surface area contributed by atoms with E-state index in [0.29, 0.717) is 5.56 Å². The van der Waals surface area contributed by atoms with Gasteiger partial charge in [0.25, 0.3) is 5.91 Å². The van der Waals surface area contributed by atoms with E-state index in [1.54, 1.807) is 11.3 Å². The van der Waals surface area contributed by atoms with Gasteiger partial charge in [-0.25, -0.2) is 4.68 Å². The summed E-state index contributed by atoms with van der Waals surface area (Å²) in [4.78, 5) is 18.5. The van der Waals surface area contributed by atoms with Gasteiger partial charge in [0, 0.05) is 49.7 Å². The number of aryl methyl sites for hydroxylation is 1. The largest absolute Gasteiger partial charge is 0.336 e. The summed E-state index contributed by atoms with van der Waals surface area (Å²) in [5.74, 6) is 0.0801. The van der Waals surface area contributed by atoms with Crippen LogP contribution in [0.4, 0.5) is 0 Å². The maximum absolute atomic E-state index is 12.8. The molecule has 1 aliphatic heterocycles. The van der Waals surface area contributed by atoms with Gasteiger partial charge >= 0.3 is 0 Å². The van der Waals surface area contributed by atoms with Crippen LogP contribution >= 0.6 is 27.3 Å². The van der Waals surface area contributed by atoms with E-state index in [4.69, 9.17) is 0 Å². The van der Waals surface area contributed by atoms with Crippen molar-refractivity contribution in [3.63, 3.8) is 0 Å². The number of carbonyl (C=O) groups is 1. The van der Waals surface area contributed by atoms with Gasteiger partial charge in [0.15, 0.2) is 0 Å². The molecule has 1 fully saturated rings. The summed E-state index contributed by atoms with van der Waals surface area (Å²) in [6.45, 7) is 7.06. The highest BCUT2D eigenvalue weighted by Crippen LogP contribution is 2.24. The Kier molecular flexibility index (Phi) is 5.06. The van der Waals surface area contributed by atoms with Crippen molar-refractivity contribution in [3.8, 4) is 0 Å². The molecule has 0 N–H and O–H groups in total. The van der Waals surface area contributed by atoms with Gasteiger partial charge < -0.3 is 4.90 Å². The quantitative estimate of drug-likeness (QED) is 0.633. The predicted molar refractivity (Wildman–Crippen MR) is 106 cm³/mol. The Morgan fingerprint density at radius 1 is 1.19 bits per heavy atom. The van der Waals surface area contributed by atoms with Gasteiger partial charge in [0.2, 0.25) is 0 Å². The Hall–Kier alpha value is -1.77. The first-order valence-electron chi connectivity index (χ1n) is 8.73. The molecule has 8 heteroatoms. The van der Waals surface area contributed by atoms with Gasteiger partial charge in [0.05, 0.1) is 9.30 Å². The lowest BCUT2D eigenvalue weighted by molar-refractivity contribution is 0.0630. The monoisotopic (exact) mass is 433 g/mol. The lowest BCUT2D eigenvalue weighted by Crippen LogP contribution is -2.48. The minimum atomic E-state index is 0.0801. The van der Waals surface area contributed by atoms with E-state index in [1.807, 2.05) is 34.7 Å². The molecule has 0 unspecified atom stereocenters. The Morgan fingerprint density at radius 2 is 2.00 bits per heavy atom. The summed E-state index contributed by atoms with van der Waals surface area (Å²) >= 11 is 5.28. The van der Waals surface area contributed by atoms with Crippen molar-refractivity contribution in [3.05, 3.63) is 44.6 Å². The van der Waals surface area contributed by atoms with Gasteiger partial charge in [0.1, 0.15) is 5.52 Å². The number of rotatable bonds is 4. The minimum Gasteiger partial charge on any atom is -0.336 e. The maximum atomic E-state index is 12.8. The number of benzene rings is 1. The molecule has 6 nitrogen and oxygen atoms in total. The summed E-state index contributed by atoms with van der Waals surface area (Å²) in [5, 5.41) is 8.28. The zero-order valence-corrected chi connectivity index (χ0v) is 17.0. The highest BCUT2D eigenvalue weighted by atomic mass is 79.9.